The molecule has 0 aliphatic heterocycles. The van der Waals surface area contributed by atoms with Crippen LogP contribution in [0, 0.1) is 22.7 Å². The van der Waals surface area contributed by atoms with Gasteiger partial charge in [-0.25, -0.2) is 0 Å². The molecule has 0 atom stereocenters. The standard InChI is InChI=1S/C69H41N5O/c1-69(2)54-25-11-5-19-43(54)50-36-42(31-33-55(50)69)63-66(72-56-26-12-6-20-44(56)45-21-7-13-27-57(45)72)52(38-70)65(53(39-71)67(63)73-58-28-14-8-22-46(58)47-23-9-15-29-59(47)73)74-60-34-32-49-48-24-10-16-30-62(48)75-68(49)64(60)51-35-40-17-3-4-18-41(40)37-61(51)74/h3-37H,1-2H3. The number of benzene rings is 11. The Morgan fingerprint density at radius 1 is 0.387 bits per heavy atom. The van der Waals surface area contributed by atoms with E-state index in [9.17, 15) is 10.5 Å². The predicted molar refractivity (Wildman–Crippen MR) is 307 cm³/mol. The Kier molecular flexibility index (Phi) is 8.27. The molecule has 0 spiro atoms. The lowest BCUT2D eigenvalue weighted by atomic mass is 9.82. The SMILES string of the molecule is CC1(C)c2ccccc2-c2cc(-c3c(-n4c5ccccc5c5ccccc54)c(C#N)c(-n4c5cc6ccccc6cc5c5c6oc7ccccc7c6ccc54)c(C#N)c3-n3c4ccccc4c4ccccc43)ccc21. The number of aromatic nitrogens is 3. The average Bonchev–Trinajstić information content (AvgIpc) is 4.25. The minimum atomic E-state index is -0.249. The molecule has 1 aliphatic carbocycles. The van der Waals surface area contributed by atoms with Crippen LogP contribution in [0.5, 0.6) is 0 Å². The van der Waals surface area contributed by atoms with Crippen molar-refractivity contribution in [1.82, 2.24) is 13.7 Å². The summed E-state index contributed by atoms with van der Waals surface area (Å²) >= 11 is 0. The van der Waals surface area contributed by atoms with Crippen molar-refractivity contribution in [2.24, 2.45) is 0 Å². The molecule has 16 rings (SSSR count). The van der Waals surface area contributed by atoms with Crippen LogP contribution in [0.4, 0.5) is 0 Å². The lowest BCUT2D eigenvalue weighted by Gasteiger charge is -2.27. The topological polar surface area (TPSA) is 75.5 Å². The smallest absolute Gasteiger partial charge is 0.145 e. The number of nitrogens with zero attached hydrogens (tertiary/aromatic N) is 5. The van der Waals surface area contributed by atoms with Gasteiger partial charge in [-0.1, -0.05) is 166 Å². The summed E-state index contributed by atoms with van der Waals surface area (Å²) in [5.74, 6) is 0. The quantitative estimate of drug-likeness (QED) is 0.176. The summed E-state index contributed by atoms with van der Waals surface area (Å²) in [5, 5.41) is 35.3. The molecule has 0 saturated carbocycles. The van der Waals surface area contributed by atoms with E-state index < -0.39 is 0 Å². The van der Waals surface area contributed by atoms with Crippen molar-refractivity contribution in [1.29, 1.82) is 10.5 Å². The van der Waals surface area contributed by atoms with E-state index in [0.29, 0.717) is 28.2 Å². The first-order valence-corrected chi connectivity index (χ1v) is 25.5. The van der Waals surface area contributed by atoms with E-state index in [4.69, 9.17) is 4.42 Å². The van der Waals surface area contributed by atoms with Crippen LogP contribution < -0.4 is 0 Å². The van der Waals surface area contributed by atoms with E-state index in [2.05, 4.69) is 234 Å². The highest BCUT2D eigenvalue weighted by molar-refractivity contribution is 6.26. The van der Waals surface area contributed by atoms with Crippen LogP contribution in [0.2, 0.25) is 0 Å². The fourth-order valence-corrected chi connectivity index (χ4v) is 13.3. The van der Waals surface area contributed by atoms with E-state index in [-0.39, 0.29) is 5.41 Å². The number of hydrogen-bond acceptors (Lipinski definition) is 3. The van der Waals surface area contributed by atoms with Gasteiger partial charge < -0.3 is 18.1 Å². The zero-order chi connectivity index (χ0) is 49.8. The first kappa shape index (κ1) is 41.5. The Labute approximate surface area is 430 Å². The molecule has 0 bridgehead atoms. The Bertz CT molecular complexity index is 4880. The van der Waals surface area contributed by atoms with Crippen molar-refractivity contribution < 1.29 is 4.42 Å². The second-order valence-electron chi connectivity index (χ2n) is 20.6. The van der Waals surface area contributed by atoms with Crippen molar-refractivity contribution >= 4 is 98.1 Å². The molecule has 0 N–H and O–H groups in total. The highest BCUT2D eigenvalue weighted by Gasteiger charge is 2.38. The maximum absolute atomic E-state index is 12.5. The molecule has 6 nitrogen and oxygen atoms in total. The van der Waals surface area contributed by atoms with Crippen LogP contribution >= 0.6 is 0 Å². The fourth-order valence-electron chi connectivity index (χ4n) is 13.3. The summed E-state index contributed by atoms with van der Waals surface area (Å²) in [6.45, 7) is 4.60. The van der Waals surface area contributed by atoms with Crippen LogP contribution in [0.1, 0.15) is 36.1 Å². The van der Waals surface area contributed by atoms with Gasteiger partial charge in [0.1, 0.15) is 34.4 Å². The summed E-state index contributed by atoms with van der Waals surface area (Å²) in [5.41, 5.74) is 15.9. The Morgan fingerprint density at radius 3 is 1.48 bits per heavy atom. The summed E-state index contributed by atoms with van der Waals surface area (Å²) < 4.78 is 13.7. The van der Waals surface area contributed by atoms with E-state index >= 15 is 0 Å². The number of fused-ring (bicyclic) bond motifs is 17. The van der Waals surface area contributed by atoms with Gasteiger partial charge >= 0.3 is 0 Å². The van der Waals surface area contributed by atoms with Gasteiger partial charge in [0.25, 0.3) is 0 Å². The maximum atomic E-state index is 12.5. The monoisotopic (exact) mass is 955 g/mol. The zero-order valence-corrected chi connectivity index (χ0v) is 40.9. The molecule has 0 fully saturated rings. The average molecular weight is 956 g/mol. The number of furan rings is 1. The molecule has 75 heavy (non-hydrogen) atoms. The fraction of sp³-hybridized carbons (Fsp3) is 0.0435. The number of para-hydroxylation sites is 5. The van der Waals surface area contributed by atoms with Gasteiger partial charge in [-0.15, -0.1) is 0 Å². The number of nitriles is 2. The van der Waals surface area contributed by atoms with Crippen molar-refractivity contribution in [3.63, 3.8) is 0 Å². The van der Waals surface area contributed by atoms with Crippen LogP contribution in [0.25, 0.3) is 137 Å². The molecule has 348 valence electrons. The lowest BCUT2D eigenvalue weighted by molar-refractivity contribution is 0.660. The van der Waals surface area contributed by atoms with Gasteiger partial charge in [0, 0.05) is 48.7 Å². The summed E-state index contributed by atoms with van der Waals surface area (Å²) in [7, 11) is 0. The number of hydrogen-bond donors (Lipinski definition) is 0. The molecule has 0 radical (unpaired) electrons. The summed E-state index contributed by atoms with van der Waals surface area (Å²) in [6.07, 6.45) is 0. The van der Waals surface area contributed by atoms with Gasteiger partial charge in [0.05, 0.1) is 55.5 Å². The van der Waals surface area contributed by atoms with E-state index in [1.807, 2.05) is 18.2 Å². The van der Waals surface area contributed by atoms with E-state index in [1.165, 1.54) is 16.7 Å². The second kappa shape index (κ2) is 15.0. The molecular formula is C69H41N5O. The van der Waals surface area contributed by atoms with Gasteiger partial charge in [0.2, 0.25) is 0 Å². The van der Waals surface area contributed by atoms with Gasteiger partial charge in [-0.3, -0.25) is 0 Å². The van der Waals surface area contributed by atoms with Gasteiger partial charge in [0.15, 0.2) is 0 Å². The Morgan fingerprint density at radius 2 is 0.880 bits per heavy atom. The molecule has 0 amide bonds. The molecule has 15 aromatic rings. The maximum Gasteiger partial charge on any atom is 0.145 e. The van der Waals surface area contributed by atoms with Crippen LogP contribution in [-0.2, 0) is 5.41 Å². The zero-order valence-electron chi connectivity index (χ0n) is 40.9. The largest absolute Gasteiger partial charge is 0.455 e. The molecule has 1 aliphatic rings. The highest BCUT2D eigenvalue weighted by Crippen LogP contribution is 2.54. The van der Waals surface area contributed by atoms with Crippen molar-refractivity contribution in [2.75, 3.05) is 0 Å². The Balaban J connectivity index is 1.19. The normalized spacial score (nSPS) is 13.0. The van der Waals surface area contributed by atoms with Crippen LogP contribution in [0.15, 0.2) is 217 Å². The van der Waals surface area contributed by atoms with Gasteiger partial charge in [-0.05, 0) is 99.3 Å². The number of rotatable bonds is 4. The minimum Gasteiger partial charge on any atom is -0.455 e. The minimum absolute atomic E-state index is 0.249. The third-order valence-electron chi connectivity index (χ3n) is 16.5. The molecule has 4 aromatic heterocycles. The van der Waals surface area contributed by atoms with Crippen molar-refractivity contribution in [2.45, 2.75) is 19.3 Å². The predicted octanol–water partition coefficient (Wildman–Crippen LogP) is 17.7. The van der Waals surface area contributed by atoms with Crippen molar-refractivity contribution in [3.8, 4) is 51.5 Å². The van der Waals surface area contributed by atoms with Crippen LogP contribution in [0.3, 0.4) is 0 Å². The summed E-state index contributed by atoms with van der Waals surface area (Å²) in [4.78, 5) is 0. The second-order valence-corrected chi connectivity index (χ2v) is 20.6. The Hall–Kier alpha value is -10.1. The first-order chi connectivity index (χ1) is 36.9. The third kappa shape index (κ3) is 5.39. The van der Waals surface area contributed by atoms with E-state index in [1.54, 1.807) is 0 Å². The highest BCUT2D eigenvalue weighted by atomic mass is 16.3. The van der Waals surface area contributed by atoms with E-state index in [0.717, 1.165) is 115 Å². The molecule has 0 saturated heterocycles. The first-order valence-electron chi connectivity index (χ1n) is 25.5. The van der Waals surface area contributed by atoms with Crippen molar-refractivity contribution in [3.05, 3.63) is 235 Å². The lowest BCUT2D eigenvalue weighted by Crippen LogP contribution is -2.15. The molecule has 11 aromatic carbocycles. The van der Waals surface area contributed by atoms with Crippen LogP contribution in [-0.4, -0.2) is 13.7 Å². The molecule has 4 heterocycles. The molecule has 6 heteroatoms. The third-order valence-corrected chi connectivity index (χ3v) is 16.5. The molecule has 0 unspecified atom stereocenters. The molecular weight excluding hydrogens is 915 g/mol. The summed E-state index contributed by atoms with van der Waals surface area (Å²) in [6, 6.07) is 80.6. The van der Waals surface area contributed by atoms with Gasteiger partial charge in [-0.2, -0.15) is 10.5 Å².